The number of pyridine rings is 1. The number of fused-ring (bicyclic) bond motifs is 1. The molecule has 0 atom stereocenters. The summed E-state index contributed by atoms with van der Waals surface area (Å²) in [5.41, 5.74) is 3.65. The Morgan fingerprint density at radius 1 is 0.935 bits per heavy atom. The Balaban J connectivity index is 1.63. The zero-order valence-electron chi connectivity index (χ0n) is 17.2. The van der Waals surface area contributed by atoms with Gasteiger partial charge in [0.05, 0.1) is 35.5 Å². The number of urea groups is 1. The van der Waals surface area contributed by atoms with Crippen molar-refractivity contribution in [3.8, 4) is 11.1 Å². The quantitative estimate of drug-likeness (QED) is 0.469. The molecule has 0 aliphatic rings. The van der Waals surface area contributed by atoms with Crippen molar-refractivity contribution in [1.29, 1.82) is 0 Å². The van der Waals surface area contributed by atoms with E-state index in [4.69, 9.17) is 0 Å². The molecule has 0 unspecified atom stereocenters. The standard InChI is InChI=1S/C21H20N8O2/c1-12-23-10-16(11-24-12)25-20(30)19-17-7-13(4-5-18(17)27-28-19)14-6-15(9-22-8-14)26-21(31)29(2)3/h4-11H,1-3H3,(H,25,30)(H,26,31)(H,27,28). The molecule has 0 fully saturated rings. The third kappa shape index (κ3) is 4.32. The number of aryl methyl sites for hydroxylation is 1. The van der Waals surface area contributed by atoms with Crippen LogP contribution >= 0.6 is 0 Å². The van der Waals surface area contributed by atoms with E-state index in [1.54, 1.807) is 45.8 Å². The van der Waals surface area contributed by atoms with Crippen LogP contribution in [0.4, 0.5) is 16.2 Å². The minimum atomic E-state index is -0.374. The molecule has 3 heterocycles. The number of anilines is 2. The first-order valence-corrected chi connectivity index (χ1v) is 9.42. The monoisotopic (exact) mass is 416 g/mol. The Morgan fingerprint density at radius 2 is 1.71 bits per heavy atom. The van der Waals surface area contributed by atoms with Crippen LogP contribution in [0.15, 0.2) is 49.1 Å². The van der Waals surface area contributed by atoms with Gasteiger partial charge < -0.3 is 15.5 Å². The lowest BCUT2D eigenvalue weighted by Crippen LogP contribution is -2.27. The van der Waals surface area contributed by atoms with Gasteiger partial charge in [-0.25, -0.2) is 14.8 Å². The van der Waals surface area contributed by atoms with Gasteiger partial charge in [0.1, 0.15) is 5.82 Å². The Morgan fingerprint density at radius 3 is 2.45 bits per heavy atom. The maximum atomic E-state index is 12.7. The van der Waals surface area contributed by atoms with Gasteiger partial charge in [0.25, 0.3) is 5.91 Å². The van der Waals surface area contributed by atoms with E-state index in [1.807, 2.05) is 24.3 Å². The lowest BCUT2D eigenvalue weighted by atomic mass is 10.0. The second-order valence-electron chi connectivity index (χ2n) is 7.09. The SMILES string of the molecule is Cc1ncc(NC(=O)c2n[nH]c3ccc(-c4cncc(NC(=O)N(C)C)c4)cc23)cn1. The summed E-state index contributed by atoms with van der Waals surface area (Å²) >= 11 is 0. The number of nitrogens with one attached hydrogen (secondary N) is 3. The summed E-state index contributed by atoms with van der Waals surface area (Å²) in [7, 11) is 3.32. The highest BCUT2D eigenvalue weighted by atomic mass is 16.2. The molecule has 3 amide bonds. The molecule has 0 radical (unpaired) electrons. The number of benzene rings is 1. The highest BCUT2D eigenvalue weighted by Crippen LogP contribution is 2.27. The minimum absolute atomic E-state index is 0.247. The summed E-state index contributed by atoms with van der Waals surface area (Å²) in [6, 6.07) is 7.16. The highest BCUT2D eigenvalue weighted by Gasteiger charge is 2.16. The van der Waals surface area contributed by atoms with Crippen molar-refractivity contribution < 1.29 is 9.59 Å². The molecule has 4 rings (SSSR count). The first-order valence-electron chi connectivity index (χ1n) is 9.42. The van der Waals surface area contributed by atoms with Crippen molar-refractivity contribution in [2.24, 2.45) is 0 Å². The second kappa shape index (κ2) is 8.19. The van der Waals surface area contributed by atoms with E-state index in [-0.39, 0.29) is 17.6 Å². The molecule has 10 heteroatoms. The summed E-state index contributed by atoms with van der Waals surface area (Å²) in [4.78, 5) is 38.5. The lowest BCUT2D eigenvalue weighted by molar-refractivity contribution is 0.102. The molecular formula is C21H20N8O2. The van der Waals surface area contributed by atoms with Crippen LogP contribution in [0.3, 0.4) is 0 Å². The zero-order chi connectivity index (χ0) is 22.0. The molecule has 31 heavy (non-hydrogen) atoms. The van der Waals surface area contributed by atoms with E-state index in [2.05, 4.69) is 35.8 Å². The number of hydrogen-bond acceptors (Lipinski definition) is 6. The number of hydrogen-bond donors (Lipinski definition) is 3. The van der Waals surface area contributed by atoms with Crippen LogP contribution < -0.4 is 10.6 Å². The van der Waals surface area contributed by atoms with Gasteiger partial charge in [0.15, 0.2) is 5.69 Å². The van der Waals surface area contributed by atoms with Crippen LogP contribution in [-0.2, 0) is 0 Å². The van der Waals surface area contributed by atoms with Crippen molar-refractivity contribution in [2.45, 2.75) is 6.92 Å². The second-order valence-corrected chi connectivity index (χ2v) is 7.09. The molecule has 0 saturated heterocycles. The minimum Gasteiger partial charge on any atom is -0.331 e. The van der Waals surface area contributed by atoms with E-state index in [0.29, 0.717) is 22.6 Å². The summed E-state index contributed by atoms with van der Waals surface area (Å²) in [5.74, 6) is 0.242. The molecule has 0 saturated carbocycles. The van der Waals surface area contributed by atoms with Crippen LogP contribution in [-0.4, -0.2) is 56.1 Å². The Bertz CT molecular complexity index is 1260. The molecule has 0 spiro atoms. The largest absolute Gasteiger partial charge is 0.331 e. The number of H-pyrrole nitrogens is 1. The van der Waals surface area contributed by atoms with Crippen molar-refractivity contribution in [3.63, 3.8) is 0 Å². The molecular weight excluding hydrogens is 396 g/mol. The normalized spacial score (nSPS) is 10.7. The maximum Gasteiger partial charge on any atom is 0.321 e. The predicted molar refractivity (Wildman–Crippen MR) is 117 cm³/mol. The van der Waals surface area contributed by atoms with E-state index in [0.717, 1.165) is 16.6 Å². The summed E-state index contributed by atoms with van der Waals surface area (Å²) < 4.78 is 0. The Hall–Kier alpha value is -4.34. The van der Waals surface area contributed by atoms with E-state index in [9.17, 15) is 9.59 Å². The third-order valence-electron chi connectivity index (χ3n) is 4.55. The predicted octanol–water partition coefficient (Wildman–Crippen LogP) is 3.07. The number of rotatable bonds is 4. The first kappa shape index (κ1) is 20.0. The average molecular weight is 416 g/mol. The number of aromatic amines is 1. The smallest absolute Gasteiger partial charge is 0.321 e. The van der Waals surface area contributed by atoms with Gasteiger partial charge in [-0.05, 0) is 30.7 Å². The van der Waals surface area contributed by atoms with Crippen molar-refractivity contribution in [3.05, 3.63) is 60.6 Å². The van der Waals surface area contributed by atoms with Gasteiger partial charge in [-0.3, -0.25) is 14.9 Å². The summed E-state index contributed by atoms with van der Waals surface area (Å²) in [5, 5.41) is 13.2. The van der Waals surface area contributed by atoms with Crippen LogP contribution in [0.2, 0.25) is 0 Å². The topological polar surface area (TPSA) is 129 Å². The number of carbonyl (C=O) groups excluding carboxylic acids is 2. The van der Waals surface area contributed by atoms with Gasteiger partial charge in [0, 0.05) is 31.2 Å². The molecule has 3 N–H and O–H groups in total. The molecule has 4 aromatic rings. The third-order valence-corrected chi connectivity index (χ3v) is 4.55. The van der Waals surface area contributed by atoms with E-state index >= 15 is 0 Å². The van der Waals surface area contributed by atoms with Gasteiger partial charge in [-0.2, -0.15) is 5.10 Å². The van der Waals surface area contributed by atoms with Crippen molar-refractivity contribution in [2.75, 3.05) is 24.7 Å². The van der Waals surface area contributed by atoms with Gasteiger partial charge in [0.2, 0.25) is 0 Å². The molecule has 1 aromatic carbocycles. The molecule has 0 aliphatic carbocycles. The average Bonchev–Trinajstić information content (AvgIpc) is 3.19. The van der Waals surface area contributed by atoms with Crippen LogP contribution in [0.1, 0.15) is 16.3 Å². The number of nitrogens with zero attached hydrogens (tertiary/aromatic N) is 5. The van der Waals surface area contributed by atoms with E-state index in [1.165, 1.54) is 4.90 Å². The fraction of sp³-hybridized carbons (Fsp3) is 0.143. The molecule has 10 nitrogen and oxygen atoms in total. The number of aromatic nitrogens is 5. The summed E-state index contributed by atoms with van der Waals surface area (Å²) in [6.45, 7) is 1.77. The zero-order valence-corrected chi connectivity index (χ0v) is 17.2. The van der Waals surface area contributed by atoms with Crippen molar-refractivity contribution in [1.82, 2.24) is 30.0 Å². The highest BCUT2D eigenvalue weighted by molar-refractivity contribution is 6.11. The van der Waals surface area contributed by atoms with E-state index < -0.39 is 0 Å². The lowest BCUT2D eigenvalue weighted by Gasteiger charge is -2.12. The van der Waals surface area contributed by atoms with Crippen molar-refractivity contribution >= 4 is 34.2 Å². The molecule has 3 aromatic heterocycles. The van der Waals surface area contributed by atoms with Crippen LogP contribution in [0.25, 0.3) is 22.0 Å². The summed E-state index contributed by atoms with van der Waals surface area (Å²) in [6.07, 6.45) is 6.35. The van der Waals surface area contributed by atoms with Crippen LogP contribution in [0.5, 0.6) is 0 Å². The van der Waals surface area contributed by atoms with Crippen LogP contribution in [0, 0.1) is 6.92 Å². The number of carbonyl (C=O) groups is 2. The van der Waals surface area contributed by atoms with Gasteiger partial charge in [-0.1, -0.05) is 6.07 Å². The van der Waals surface area contributed by atoms with Gasteiger partial charge in [-0.15, -0.1) is 0 Å². The fourth-order valence-corrected chi connectivity index (χ4v) is 2.92. The molecule has 156 valence electrons. The molecule has 0 bridgehead atoms. The maximum absolute atomic E-state index is 12.7. The Kier molecular flexibility index (Phi) is 5.27. The Labute approximate surface area is 177 Å². The van der Waals surface area contributed by atoms with Gasteiger partial charge >= 0.3 is 6.03 Å². The fourth-order valence-electron chi connectivity index (χ4n) is 2.92. The number of amides is 3. The first-order chi connectivity index (χ1) is 14.9. The molecule has 0 aliphatic heterocycles.